The Hall–Kier alpha value is -1.49. The van der Waals surface area contributed by atoms with Gasteiger partial charge in [0.15, 0.2) is 23.1 Å². The lowest BCUT2D eigenvalue weighted by molar-refractivity contribution is 0.171. The first-order valence-corrected chi connectivity index (χ1v) is 6.19. The maximum atomic E-state index is 13.8. The van der Waals surface area contributed by atoms with Gasteiger partial charge in [-0.1, -0.05) is 12.8 Å². The number of phenols is 1. The van der Waals surface area contributed by atoms with Crippen molar-refractivity contribution in [3.8, 4) is 17.2 Å². The van der Waals surface area contributed by atoms with Crippen LogP contribution in [0, 0.1) is 5.82 Å². The van der Waals surface area contributed by atoms with Gasteiger partial charge in [0.1, 0.15) is 0 Å². The topological polar surface area (TPSA) is 64.7 Å². The molecule has 5 heteroatoms. The van der Waals surface area contributed by atoms with Crippen LogP contribution in [0.3, 0.4) is 0 Å². The number of hydrogen-bond donors (Lipinski definition) is 2. The van der Waals surface area contributed by atoms with Crippen LogP contribution in [0.2, 0.25) is 0 Å². The monoisotopic (exact) mass is 253 g/mol. The maximum Gasteiger partial charge on any atom is 0.231 e. The average Bonchev–Trinajstić information content (AvgIpc) is 3.00. The van der Waals surface area contributed by atoms with Crippen molar-refractivity contribution in [2.24, 2.45) is 5.73 Å². The van der Waals surface area contributed by atoms with Crippen molar-refractivity contribution >= 4 is 0 Å². The van der Waals surface area contributed by atoms with Crippen LogP contribution in [-0.2, 0) is 5.41 Å². The van der Waals surface area contributed by atoms with Crippen molar-refractivity contribution in [1.82, 2.24) is 0 Å². The third-order valence-electron chi connectivity index (χ3n) is 4.07. The molecule has 0 saturated heterocycles. The number of aromatic hydroxyl groups is 1. The van der Waals surface area contributed by atoms with Crippen molar-refractivity contribution < 1.29 is 19.0 Å². The minimum Gasteiger partial charge on any atom is -0.505 e. The molecule has 98 valence electrons. The molecule has 0 spiro atoms. The number of benzene rings is 1. The van der Waals surface area contributed by atoms with E-state index in [1.807, 2.05) is 0 Å². The Morgan fingerprint density at radius 2 is 2.06 bits per heavy atom. The zero-order chi connectivity index (χ0) is 12.8. The molecule has 1 fully saturated rings. The van der Waals surface area contributed by atoms with Crippen LogP contribution >= 0.6 is 0 Å². The van der Waals surface area contributed by atoms with Gasteiger partial charge in [0.25, 0.3) is 0 Å². The molecule has 0 aromatic heterocycles. The van der Waals surface area contributed by atoms with Gasteiger partial charge in [-0.15, -0.1) is 0 Å². The quantitative estimate of drug-likeness (QED) is 0.846. The minimum absolute atomic E-state index is 0.0614. The lowest BCUT2D eigenvalue weighted by Crippen LogP contribution is -2.32. The lowest BCUT2D eigenvalue weighted by Gasteiger charge is -2.29. The SMILES string of the molecule is NCC1(c2c(O)c(F)cc3c2OCO3)CCCC1. The van der Waals surface area contributed by atoms with Crippen LogP contribution < -0.4 is 15.2 Å². The van der Waals surface area contributed by atoms with Crippen LogP contribution in [-0.4, -0.2) is 18.4 Å². The Balaban J connectivity index is 2.21. The first-order valence-electron chi connectivity index (χ1n) is 6.19. The molecule has 0 unspecified atom stereocenters. The number of phenolic OH excluding ortho intramolecular Hbond substituents is 1. The summed E-state index contributed by atoms with van der Waals surface area (Å²) < 4.78 is 24.4. The Bertz CT molecular complexity index is 484. The molecule has 4 nitrogen and oxygen atoms in total. The van der Waals surface area contributed by atoms with E-state index in [1.165, 1.54) is 6.07 Å². The van der Waals surface area contributed by atoms with Crippen molar-refractivity contribution in [1.29, 1.82) is 0 Å². The molecule has 0 atom stereocenters. The van der Waals surface area contributed by atoms with Crippen molar-refractivity contribution in [3.05, 3.63) is 17.4 Å². The van der Waals surface area contributed by atoms with E-state index < -0.39 is 5.82 Å². The van der Waals surface area contributed by atoms with E-state index in [9.17, 15) is 9.50 Å². The Labute approximate surface area is 105 Å². The highest BCUT2D eigenvalue weighted by Crippen LogP contribution is 2.52. The van der Waals surface area contributed by atoms with Crippen LogP contribution in [0.1, 0.15) is 31.2 Å². The van der Waals surface area contributed by atoms with E-state index in [2.05, 4.69) is 0 Å². The minimum atomic E-state index is -0.672. The van der Waals surface area contributed by atoms with Gasteiger partial charge in [-0.25, -0.2) is 4.39 Å². The molecule has 18 heavy (non-hydrogen) atoms. The number of nitrogens with two attached hydrogens (primary N) is 1. The van der Waals surface area contributed by atoms with Gasteiger partial charge in [-0.05, 0) is 12.8 Å². The standard InChI is InChI=1S/C13H16FNO3/c14-8-5-9-12(18-7-17-9)10(11(8)16)13(6-15)3-1-2-4-13/h5,16H,1-4,6-7,15H2. The molecule has 1 aliphatic heterocycles. The Morgan fingerprint density at radius 3 is 2.72 bits per heavy atom. The molecule has 0 radical (unpaired) electrons. The van der Waals surface area contributed by atoms with Gasteiger partial charge in [0, 0.05) is 18.0 Å². The fourth-order valence-corrected chi connectivity index (χ4v) is 3.10. The predicted octanol–water partition coefficient (Wildman–Crippen LogP) is 2.03. The summed E-state index contributed by atoms with van der Waals surface area (Å²) in [5, 5.41) is 10.1. The number of hydrogen-bond acceptors (Lipinski definition) is 4. The average molecular weight is 253 g/mol. The second-order valence-electron chi connectivity index (χ2n) is 5.01. The number of fused-ring (bicyclic) bond motifs is 1. The van der Waals surface area contributed by atoms with Crippen LogP contribution in [0.25, 0.3) is 0 Å². The highest BCUT2D eigenvalue weighted by Gasteiger charge is 2.42. The zero-order valence-corrected chi connectivity index (χ0v) is 10.0. The van der Waals surface area contributed by atoms with Gasteiger partial charge in [-0.3, -0.25) is 0 Å². The molecule has 1 aromatic carbocycles. The Kier molecular flexibility index (Phi) is 2.59. The van der Waals surface area contributed by atoms with E-state index in [-0.39, 0.29) is 18.0 Å². The smallest absolute Gasteiger partial charge is 0.231 e. The molecule has 1 aromatic rings. The molecule has 1 saturated carbocycles. The predicted molar refractivity (Wildman–Crippen MR) is 63.4 cm³/mol. The third kappa shape index (κ3) is 1.47. The number of halogens is 1. The molecule has 2 aliphatic rings. The number of rotatable bonds is 2. The molecule has 0 bridgehead atoms. The Morgan fingerprint density at radius 1 is 1.33 bits per heavy atom. The summed E-state index contributed by atoms with van der Waals surface area (Å²) in [6, 6.07) is 1.17. The van der Waals surface area contributed by atoms with Crippen LogP contribution in [0.5, 0.6) is 17.2 Å². The maximum absolute atomic E-state index is 13.8. The third-order valence-corrected chi connectivity index (χ3v) is 4.07. The van der Waals surface area contributed by atoms with Gasteiger partial charge in [0.2, 0.25) is 6.79 Å². The summed E-state index contributed by atoms with van der Waals surface area (Å²) >= 11 is 0. The van der Waals surface area contributed by atoms with E-state index in [0.29, 0.717) is 23.6 Å². The van der Waals surface area contributed by atoms with Gasteiger partial charge in [0.05, 0.1) is 5.56 Å². The summed E-state index contributed by atoms with van der Waals surface area (Å²) in [4.78, 5) is 0. The second-order valence-corrected chi connectivity index (χ2v) is 5.01. The highest BCUT2D eigenvalue weighted by molar-refractivity contribution is 5.59. The second kappa shape index (κ2) is 4.02. The molecule has 1 aliphatic carbocycles. The lowest BCUT2D eigenvalue weighted by atomic mass is 9.77. The largest absolute Gasteiger partial charge is 0.505 e. The summed E-state index contributed by atoms with van der Waals surface area (Å²) in [5.74, 6) is -0.193. The molecular formula is C13H16FNO3. The normalized spacial score (nSPS) is 20.3. The molecule has 0 amide bonds. The van der Waals surface area contributed by atoms with Gasteiger partial charge < -0.3 is 20.3 Å². The molecule has 3 N–H and O–H groups in total. The van der Waals surface area contributed by atoms with Gasteiger partial charge >= 0.3 is 0 Å². The van der Waals surface area contributed by atoms with Crippen molar-refractivity contribution in [3.63, 3.8) is 0 Å². The van der Waals surface area contributed by atoms with Crippen LogP contribution in [0.4, 0.5) is 4.39 Å². The number of ether oxygens (including phenoxy) is 2. The van der Waals surface area contributed by atoms with Crippen molar-refractivity contribution in [2.75, 3.05) is 13.3 Å². The van der Waals surface area contributed by atoms with Crippen molar-refractivity contribution in [2.45, 2.75) is 31.1 Å². The van der Waals surface area contributed by atoms with E-state index in [0.717, 1.165) is 25.7 Å². The molecular weight excluding hydrogens is 237 g/mol. The summed E-state index contributed by atoms with van der Waals surface area (Å²) in [7, 11) is 0. The fourth-order valence-electron chi connectivity index (χ4n) is 3.10. The fraction of sp³-hybridized carbons (Fsp3) is 0.538. The summed E-state index contributed by atoms with van der Waals surface area (Å²) in [5.41, 5.74) is 5.99. The summed E-state index contributed by atoms with van der Waals surface area (Å²) in [6.07, 6.45) is 3.75. The van der Waals surface area contributed by atoms with E-state index in [4.69, 9.17) is 15.2 Å². The molecule has 3 rings (SSSR count). The molecule has 1 heterocycles. The first kappa shape index (κ1) is 11.6. The van der Waals surface area contributed by atoms with Crippen LogP contribution in [0.15, 0.2) is 6.07 Å². The summed E-state index contributed by atoms with van der Waals surface area (Å²) in [6.45, 7) is 0.436. The van der Waals surface area contributed by atoms with E-state index in [1.54, 1.807) is 0 Å². The highest BCUT2D eigenvalue weighted by atomic mass is 19.1. The zero-order valence-electron chi connectivity index (χ0n) is 10.0. The first-order chi connectivity index (χ1) is 8.68. The van der Waals surface area contributed by atoms with Gasteiger partial charge in [-0.2, -0.15) is 0 Å². The van der Waals surface area contributed by atoms with E-state index >= 15 is 0 Å².